The van der Waals surface area contributed by atoms with Crippen LogP contribution in [0.4, 0.5) is 0 Å². The standard InChI is InChI=1S/C14H19BrO2/c1-2-3-4-5-9-17-13-8-6-7-12(10-13)14(15)11-16/h6-8,10-11,14H,2-5,9H2,1H3. The summed E-state index contributed by atoms with van der Waals surface area (Å²) in [7, 11) is 0. The van der Waals surface area contributed by atoms with Gasteiger partial charge in [-0.2, -0.15) is 0 Å². The van der Waals surface area contributed by atoms with Gasteiger partial charge in [-0.1, -0.05) is 54.2 Å². The molecule has 0 amide bonds. The second-order valence-electron chi connectivity index (χ2n) is 4.02. The molecule has 1 rings (SSSR count). The fourth-order valence-corrected chi connectivity index (χ4v) is 1.86. The van der Waals surface area contributed by atoms with Crippen molar-refractivity contribution in [1.82, 2.24) is 0 Å². The monoisotopic (exact) mass is 298 g/mol. The molecule has 2 nitrogen and oxygen atoms in total. The van der Waals surface area contributed by atoms with Gasteiger partial charge in [-0.25, -0.2) is 0 Å². The third-order valence-corrected chi connectivity index (χ3v) is 3.31. The van der Waals surface area contributed by atoms with Gasteiger partial charge in [-0.15, -0.1) is 0 Å². The van der Waals surface area contributed by atoms with Gasteiger partial charge in [0.1, 0.15) is 12.0 Å². The maximum absolute atomic E-state index is 10.7. The van der Waals surface area contributed by atoms with Crippen LogP contribution in [0.15, 0.2) is 24.3 Å². The van der Waals surface area contributed by atoms with Crippen molar-refractivity contribution in [2.24, 2.45) is 0 Å². The second kappa shape index (κ2) is 8.29. The van der Waals surface area contributed by atoms with Gasteiger partial charge in [0.25, 0.3) is 0 Å². The molecule has 0 bridgehead atoms. The number of alkyl halides is 1. The van der Waals surface area contributed by atoms with Crippen molar-refractivity contribution in [2.75, 3.05) is 6.61 Å². The van der Waals surface area contributed by atoms with Crippen LogP contribution in [0, 0.1) is 0 Å². The maximum atomic E-state index is 10.7. The average Bonchev–Trinajstić information content (AvgIpc) is 2.38. The van der Waals surface area contributed by atoms with E-state index >= 15 is 0 Å². The Kier molecular flexibility index (Phi) is 6.94. The highest BCUT2D eigenvalue weighted by Crippen LogP contribution is 2.24. The van der Waals surface area contributed by atoms with Crippen LogP contribution in [0.2, 0.25) is 0 Å². The smallest absolute Gasteiger partial charge is 0.138 e. The Morgan fingerprint density at radius 3 is 2.88 bits per heavy atom. The van der Waals surface area contributed by atoms with Gasteiger partial charge in [0.15, 0.2) is 0 Å². The molecule has 0 radical (unpaired) electrons. The summed E-state index contributed by atoms with van der Waals surface area (Å²) in [5, 5.41) is 0. The lowest BCUT2D eigenvalue weighted by atomic mass is 10.1. The lowest BCUT2D eigenvalue weighted by Crippen LogP contribution is -1.98. The fourth-order valence-electron chi connectivity index (χ4n) is 1.57. The van der Waals surface area contributed by atoms with E-state index in [9.17, 15) is 4.79 Å². The molecule has 1 aromatic carbocycles. The number of carbonyl (C=O) groups excluding carboxylic acids is 1. The minimum Gasteiger partial charge on any atom is -0.494 e. The highest BCUT2D eigenvalue weighted by atomic mass is 79.9. The van der Waals surface area contributed by atoms with Crippen molar-refractivity contribution in [3.63, 3.8) is 0 Å². The Bertz CT molecular complexity index is 339. The number of unbranched alkanes of at least 4 members (excludes halogenated alkanes) is 3. The SMILES string of the molecule is CCCCCCOc1cccc(C(Br)C=O)c1. The molecule has 0 N–H and O–H groups in total. The van der Waals surface area contributed by atoms with Crippen molar-refractivity contribution in [1.29, 1.82) is 0 Å². The molecule has 94 valence electrons. The third kappa shape index (κ3) is 5.35. The Labute approximate surface area is 111 Å². The Balaban J connectivity index is 2.40. The van der Waals surface area contributed by atoms with Crippen LogP contribution in [0.3, 0.4) is 0 Å². The number of halogens is 1. The summed E-state index contributed by atoms with van der Waals surface area (Å²) in [4.78, 5) is 10.4. The summed E-state index contributed by atoms with van der Waals surface area (Å²) in [6.45, 7) is 2.94. The Morgan fingerprint density at radius 1 is 1.35 bits per heavy atom. The van der Waals surface area contributed by atoms with Crippen LogP contribution in [0.1, 0.15) is 43.0 Å². The van der Waals surface area contributed by atoms with E-state index in [-0.39, 0.29) is 4.83 Å². The minimum atomic E-state index is -0.244. The van der Waals surface area contributed by atoms with Gasteiger partial charge in [-0.05, 0) is 24.1 Å². The summed E-state index contributed by atoms with van der Waals surface area (Å²) < 4.78 is 5.65. The lowest BCUT2D eigenvalue weighted by molar-refractivity contribution is -0.107. The van der Waals surface area contributed by atoms with Crippen LogP contribution in [-0.4, -0.2) is 12.9 Å². The van der Waals surface area contributed by atoms with E-state index in [4.69, 9.17) is 4.74 Å². The molecule has 3 heteroatoms. The molecular weight excluding hydrogens is 280 g/mol. The van der Waals surface area contributed by atoms with Crippen molar-refractivity contribution < 1.29 is 9.53 Å². The largest absolute Gasteiger partial charge is 0.494 e. The van der Waals surface area contributed by atoms with Gasteiger partial charge >= 0.3 is 0 Å². The van der Waals surface area contributed by atoms with Gasteiger partial charge < -0.3 is 9.53 Å². The van der Waals surface area contributed by atoms with E-state index in [1.165, 1.54) is 19.3 Å². The zero-order chi connectivity index (χ0) is 12.5. The molecule has 0 aromatic heterocycles. The predicted molar refractivity (Wildman–Crippen MR) is 73.8 cm³/mol. The predicted octanol–water partition coefficient (Wildman–Crippen LogP) is 4.28. The van der Waals surface area contributed by atoms with Crippen molar-refractivity contribution in [3.05, 3.63) is 29.8 Å². The zero-order valence-corrected chi connectivity index (χ0v) is 11.8. The van der Waals surface area contributed by atoms with E-state index in [0.717, 1.165) is 30.6 Å². The number of hydrogen-bond acceptors (Lipinski definition) is 2. The van der Waals surface area contributed by atoms with Gasteiger partial charge in [-0.3, -0.25) is 0 Å². The van der Waals surface area contributed by atoms with Crippen LogP contribution in [0.5, 0.6) is 5.75 Å². The molecule has 0 fully saturated rings. The lowest BCUT2D eigenvalue weighted by Gasteiger charge is -2.08. The highest BCUT2D eigenvalue weighted by Gasteiger charge is 2.06. The maximum Gasteiger partial charge on any atom is 0.138 e. The fraction of sp³-hybridized carbons (Fsp3) is 0.500. The number of ether oxygens (including phenoxy) is 1. The molecule has 17 heavy (non-hydrogen) atoms. The van der Waals surface area contributed by atoms with E-state index in [1.54, 1.807) is 0 Å². The summed E-state index contributed by atoms with van der Waals surface area (Å²) in [6, 6.07) is 7.66. The first-order chi connectivity index (χ1) is 8.27. The van der Waals surface area contributed by atoms with Crippen molar-refractivity contribution in [3.8, 4) is 5.75 Å². The number of carbonyl (C=O) groups is 1. The molecule has 0 saturated carbocycles. The quantitative estimate of drug-likeness (QED) is 0.407. The van der Waals surface area contributed by atoms with Crippen LogP contribution >= 0.6 is 15.9 Å². The van der Waals surface area contributed by atoms with Gasteiger partial charge in [0, 0.05) is 0 Å². The zero-order valence-electron chi connectivity index (χ0n) is 10.2. The molecule has 0 aliphatic rings. The number of benzene rings is 1. The minimum absolute atomic E-state index is 0.244. The number of hydrogen-bond donors (Lipinski definition) is 0. The third-order valence-electron chi connectivity index (χ3n) is 2.56. The molecule has 0 saturated heterocycles. The van der Waals surface area contributed by atoms with Crippen molar-refractivity contribution in [2.45, 2.75) is 37.4 Å². The van der Waals surface area contributed by atoms with E-state index < -0.39 is 0 Å². The number of rotatable bonds is 8. The normalized spacial score (nSPS) is 12.1. The average molecular weight is 299 g/mol. The molecule has 0 spiro atoms. The van der Waals surface area contributed by atoms with Gasteiger partial charge in [0.2, 0.25) is 0 Å². The van der Waals surface area contributed by atoms with Crippen LogP contribution in [-0.2, 0) is 4.79 Å². The van der Waals surface area contributed by atoms with E-state index in [1.807, 2.05) is 24.3 Å². The molecule has 1 unspecified atom stereocenters. The highest BCUT2D eigenvalue weighted by molar-refractivity contribution is 9.09. The topological polar surface area (TPSA) is 26.3 Å². The van der Waals surface area contributed by atoms with Crippen molar-refractivity contribution >= 4 is 22.2 Å². The molecule has 1 atom stereocenters. The first kappa shape index (κ1) is 14.2. The van der Waals surface area contributed by atoms with E-state index in [2.05, 4.69) is 22.9 Å². The Hall–Kier alpha value is -0.830. The Morgan fingerprint density at radius 2 is 2.18 bits per heavy atom. The van der Waals surface area contributed by atoms with Crippen LogP contribution in [0.25, 0.3) is 0 Å². The van der Waals surface area contributed by atoms with E-state index in [0.29, 0.717) is 0 Å². The van der Waals surface area contributed by atoms with Crippen LogP contribution < -0.4 is 4.74 Å². The number of aldehydes is 1. The second-order valence-corrected chi connectivity index (χ2v) is 5.01. The molecule has 0 aliphatic heterocycles. The summed E-state index contributed by atoms with van der Waals surface area (Å²) in [5.74, 6) is 0.838. The molecule has 0 aliphatic carbocycles. The first-order valence-electron chi connectivity index (χ1n) is 6.10. The summed E-state index contributed by atoms with van der Waals surface area (Å²) in [6.07, 6.45) is 5.67. The molecular formula is C14H19BrO2. The van der Waals surface area contributed by atoms with Gasteiger partial charge in [0.05, 0.1) is 11.4 Å². The summed E-state index contributed by atoms with van der Waals surface area (Å²) in [5.41, 5.74) is 0.936. The molecule has 0 heterocycles. The summed E-state index contributed by atoms with van der Waals surface area (Å²) >= 11 is 3.30. The molecule has 1 aromatic rings. The first-order valence-corrected chi connectivity index (χ1v) is 7.01.